The third kappa shape index (κ3) is 3.68. The molecule has 0 spiro atoms. The van der Waals surface area contributed by atoms with Crippen molar-refractivity contribution in [3.05, 3.63) is 23.9 Å². The largest absolute Gasteiger partial charge is 0.481 e. The summed E-state index contributed by atoms with van der Waals surface area (Å²) in [6.45, 7) is 5.38. The first-order chi connectivity index (χ1) is 9.60. The summed E-state index contributed by atoms with van der Waals surface area (Å²) in [6.07, 6.45) is 1.21. The van der Waals surface area contributed by atoms with Gasteiger partial charge in [-0.05, 0) is 13.0 Å². The first-order valence-electron chi connectivity index (χ1n) is 6.80. The van der Waals surface area contributed by atoms with E-state index in [1.54, 1.807) is 32.4 Å². The van der Waals surface area contributed by atoms with E-state index in [0.717, 1.165) is 13.1 Å². The van der Waals surface area contributed by atoms with E-state index in [1.807, 2.05) is 4.90 Å². The molecule has 2 rings (SSSR count). The van der Waals surface area contributed by atoms with E-state index in [1.165, 1.54) is 0 Å². The molecular weight excluding hydrogens is 258 g/mol. The van der Waals surface area contributed by atoms with E-state index in [0.29, 0.717) is 31.1 Å². The Labute approximate surface area is 119 Å². The van der Waals surface area contributed by atoms with Crippen molar-refractivity contribution in [2.75, 3.05) is 39.8 Å². The summed E-state index contributed by atoms with van der Waals surface area (Å²) in [5.41, 5.74) is 0.578. The molecular formula is C14H21N3O3. The zero-order chi connectivity index (χ0) is 14.5. The number of hydrogen-bond acceptors (Lipinski definition) is 5. The van der Waals surface area contributed by atoms with Gasteiger partial charge in [0.1, 0.15) is 0 Å². The number of β-amino-alcohol motifs (C(OH)–C–C–N with tert-alkyl or cyclic N) is 1. The van der Waals surface area contributed by atoms with Crippen molar-refractivity contribution < 1.29 is 14.6 Å². The Bertz CT molecular complexity index is 439. The average Bonchev–Trinajstić information content (AvgIpc) is 2.47. The number of hydrogen-bond donors (Lipinski definition) is 1. The highest BCUT2D eigenvalue weighted by Gasteiger charge is 2.22. The van der Waals surface area contributed by atoms with Crippen LogP contribution in [0.4, 0.5) is 0 Å². The number of methoxy groups -OCH3 is 1. The van der Waals surface area contributed by atoms with Crippen molar-refractivity contribution in [1.29, 1.82) is 0 Å². The number of rotatable bonds is 4. The highest BCUT2D eigenvalue weighted by Crippen LogP contribution is 2.11. The lowest BCUT2D eigenvalue weighted by molar-refractivity contribution is 0.0553. The standard InChI is InChI=1S/C14H21N3O3/c1-11(18)10-16-5-7-17(8-6-16)14(19)12-3-4-13(20-2)15-9-12/h3-4,9,11,18H,5-8,10H2,1-2H3/t11-/m0/s1. The van der Waals surface area contributed by atoms with Crippen LogP contribution >= 0.6 is 0 Å². The second-order valence-electron chi connectivity index (χ2n) is 5.03. The first-order valence-corrected chi connectivity index (χ1v) is 6.80. The summed E-state index contributed by atoms with van der Waals surface area (Å²) in [7, 11) is 1.55. The zero-order valence-corrected chi connectivity index (χ0v) is 12.0. The fraction of sp³-hybridized carbons (Fsp3) is 0.571. The van der Waals surface area contributed by atoms with Crippen molar-refractivity contribution in [3.8, 4) is 5.88 Å². The molecule has 110 valence electrons. The lowest BCUT2D eigenvalue weighted by atomic mass is 10.2. The molecule has 0 aliphatic carbocycles. The number of piperazine rings is 1. The van der Waals surface area contributed by atoms with Gasteiger partial charge in [0.05, 0.1) is 18.8 Å². The molecule has 6 nitrogen and oxygen atoms in total. The number of carbonyl (C=O) groups is 1. The van der Waals surface area contributed by atoms with Crippen LogP contribution in [0.2, 0.25) is 0 Å². The molecule has 1 fully saturated rings. The predicted octanol–water partition coefficient (Wildman–Crippen LogP) is 0.229. The highest BCUT2D eigenvalue weighted by molar-refractivity contribution is 5.94. The fourth-order valence-electron chi connectivity index (χ4n) is 2.32. The molecule has 20 heavy (non-hydrogen) atoms. The van der Waals surface area contributed by atoms with Gasteiger partial charge in [-0.2, -0.15) is 0 Å². The fourth-order valence-corrected chi connectivity index (χ4v) is 2.32. The van der Waals surface area contributed by atoms with Crippen LogP contribution in [0.25, 0.3) is 0 Å². The monoisotopic (exact) mass is 279 g/mol. The zero-order valence-electron chi connectivity index (χ0n) is 12.0. The van der Waals surface area contributed by atoms with Gasteiger partial charge in [-0.15, -0.1) is 0 Å². The van der Waals surface area contributed by atoms with Crippen molar-refractivity contribution >= 4 is 5.91 Å². The molecule has 1 aromatic rings. The molecule has 0 bridgehead atoms. The summed E-state index contributed by atoms with van der Waals surface area (Å²) >= 11 is 0. The smallest absolute Gasteiger partial charge is 0.255 e. The van der Waals surface area contributed by atoms with Gasteiger partial charge in [0, 0.05) is 45.0 Å². The number of aliphatic hydroxyl groups is 1. The molecule has 0 radical (unpaired) electrons. The van der Waals surface area contributed by atoms with E-state index >= 15 is 0 Å². The summed E-state index contributed by atoms with van der Waals surface area (Å²) in [4.78, 5) is 20.3. The Hall–Kier alpha value is -1.66. The Morgan fingerprint density at radius 1 is 1.40 bits per heavy atom. The summed E-state index contributed by atoms with van der Waals surface area (Å²) in [6, 6.07) is 3.42. The lowest BCUT2D eigenvalue weighted by Gasteiger charge is -2.35. The SMILES string of the molecule is COc1ccc(C(=O)N2CCN(C[C@H](C)O)CC2)cn1. The van der Waals surface area contributed by atoms with Crippen LogP contribution in [0.3, 0.4) is 0 Å². The van der Waals surface area contributed by atoms with Crippen LogP contribution < -0.4 is 4.74 Å². The molecule has 1 atom stereocenters. The second kappa shape index (κ2) is 6.67. The molecule has 1 aliphatic rings. The van der Waals surface area contributed by atoms with E-state index in [-0.39, 0.29) is 12.0 Å². The minimum absolute atomic E-state index is 0.00292. The minimum atomic E-state index is -0.331. The van der Waals surface area contributed by atoms with E-state index in [9.17, 15) is 9.90 Å². The number of ether oxygens (including phenoxy) is 1. The molecule has 1 N–H and O–H groups in total. The van der Waals surface area contributed by atoms with Gasteiger partial charge >= 0.3 is 0 Å². The molecule has 1 saturated heterocycles. The van der Waals surface area contributed by atoms with Crippen LogP contribution in [0.15, 0.2) is 18.3 Å². The first kappa shape index (κ1) is 14.7. The van der Waals surface area contributed by atoms with Gasteiger partial charge in [0.25, 0.3) is 5.91 Å². The van der Waals surface area contributed by atoms with Crippen molar-refractivity contribution in [2.45, 2.75) is 13.0 Å². The van der Waals surface area contributed by atoms with Gasteiger partial charge < -0.3 is 14.7 Å². The lowest BCUT2D eigenvalue weighted by Crippen LogP contribution is -2.50. The second-order valence-corrected chi connectivity index (χ2v) is 5.03. The quantitative estimate of drug-likeness (QED) is 0.854. The van der Waals surface area contributed by atoms with Crippen molar-refractivity contribution in [2.24, 2.45) is 0 Å². The van der Waals surface area contributed by atoms with Crippen molar-refractivity contribution in [1.82, 2.24) is 14.8 Å². The normalized spacial score (nSPS) is 17.9. The minimum Gasteiger partial charge on any atom is -0.481 e. The molecule has 0 unspecified atom stereocenters. The van der Waals surface area contributed by atoms with Gasteiger partial charge in [0.15, 0.2) is 0 Å². The molecule has 1 aromatic heterocycles. The number of amides is 1. The van der Waals surface area contributed by atoms with Crippen LogP contribution in [0.1, 0.15) is 17.3 Å². The predicted molar refractivity (Wildman–Crippen MR) is 74.8 cm³/mol. The molecule has 0 aromatic carbocycles. The van der Waals surface area contributed by atoms with E-state index in [2.05, 4.69) is 9.88 Å². The summed E-state index contributed by atoms with van der Waals surface area (Å²) < 4.78 is 4.98. The number of aliphatic hydroxyl groups excluding tert-OH is 1. The summed E-state index contributed by atoms with van der Waals surface area (Å²) in [5.74, 6) is 0.500. The average molecular weight is 279 g/mol. The molecule has 2 heterocycles. The summed E-state index contributed by atoms with van der Waals surface area (Å²) in [5, 5.41) is 9.36. The van der Waals surface area contributed by atoms with Crippen LogP contribution in [-0.2, 0) is 0 Å². The van der Waals surface area contributed by atoms with Gasteiger partial charge in [0.2, 0.25) is 5.88 Å². The highest BCUT2D eigenvalue weighted by atomic mass is 16.5. The number of carbonyl (C=O) groups excluding carboxylic acids is 1. The van der Waals surface area contributed by atoms with Crippen molar-refractivity contribution in [3.63, 3.8) is 0 Å². The van der Waals surface area contributed by atoms with Crippen LogP contribution in [0, 0.1) is 0 Å². The van der Waals surface area contributed by atoms with Crippen LogP contribution in [0.5, 0.6) is 5.88 Å². The Morgan fingerprint density at radius 2 is 2.10 bits per heavy atom. The van der Waals surface area contributed by atoms with E-state index < -0.39 is 0 Å². The maximum atomic E-state index is 12.3. The number of pyridine rings is 1. The molecule has 1 aliphatic heterocycles. The van der Waals surface area contributed by atoms with Gasteiger partial charge in [-0.3, -0.25) is 9.69 Å². The molecule has 0 saturated carbocycles. The Kier molecular flexibility index (Phi) is 4.92. The Morgan fingerprint density at radius 3 is 2.60 bits per heavy atom. The molecule has 6 heteroatoms. The third-order valence-corrected chi connectivity index (χ3v) is 3.37. The third-order valence-electron chi connectivity index (χ3n) is 3.37. The van der Waals surface area contributed by atoms with Gasteiger partial charge in [-0.1, -0.05) is 0 Å². The van der Waals surface area contributed by atoms with E-state index in [4.69, 9.17) is 4.74 Å². The number of aromatic nitrogens is 1. The van der Waals surface area contributed by atoms with Gasteiger partial charge in [-0.25, -0.2) is 4.98 Å². The maximum absolute atomic E-state index is 12.3. The van der Waals surface area contributed by atoms with Crippen LogP contribution in [-0.4, -0.2) is 71.7 Å². The topological polar surface area (TPSA) is 65.9 Å². The Balaban J connectivity index is 1.90. The number of nitrogens with zero attached hydrogens (tertiary/aromatic N) is 3. The maximum Gasteiger partial charge on any atom is 0.255 e. The molecule has 1 amide bonds.